The van der Waals surface area contributed by atoms with E-state index in [-0.39, 0.29) is 11.2 Å². The number of pyridine rings is 1. The summed E-state index contributed by atoms with van der Waals surface area (Å²) in [5, 5.41) is 11.3. The highest BCUT2D eigenvalue weighted by Crippen LogP contribution is 2.34. The molecule has 2 aromatic carbocycles. The molecule has 3 nitrogen and oxygen atoms in total. The first kappa shape index (κ1) is 20.1. The van der Waals surface area contributed by atoms with Crippen LogP contribution in [0, 0.1) is 6.92 Å². The van der Waals surface area contributed by atoms with Crippen LogP contribution in [0.1, 0.15) is 62.6 Å². The van der Waals surface area contributed by atoms with Crippen molar-refractivity contribution < 1.29 is 5.11 Å². The minimum Gasteiger partial charge on any atom is -0.506 e. The molecule has 1 heterocycles. The monoisotopic (exact) mass is 374 g/mol. The Balaban J connectivity index is 2.08. The maximum absolute atomic E-state index is 10.4. The third-order valence-electron chi connectivity index (χ3n) is 5.17. The van der Waals surface area contributed by atoms with Gasteiger partial charge in [-0.3, -0.25) is 4.99 Å². The summed E-state index contributed by atoms with van der Waals surface area (Å²) >= 11 is 0. The number of aromatic hydroxyl groups is 1. The third-order valence-corrected chi connectivity index (χ3v) is 5.17. The fraction of sp³-hybridized carbons (Fsp3) is 0.360. The maximum Gasteiger partial charge on any atom is 0.141 e. The summed E-state index contributed by atoms with van der Waals surface area (Å²) in [6.45, 7) is 13.0. The minimum atomic E-state index is -0.0167. The van der Waals surface area contributed by atoms with Crippen LogP contribution in [0.15, 0.2) is 41.4 Å². The molecule has 0 aliphatic carbocycles. The maximum atomic E-state index is 10.4. The summed E-state index contributed by atoms with van der Waals surface area (Å²) in [7, 11) is 0. The fourth-order valence-electron chi connectivity index (χ4n) is 3.71. The van der Waals surface area contributed by atoms with Crippen molar-refractivity contribution in [3.05, 3.63) is 64.3 Å². The Hall–Kier alpha value is -2.68. The molecule has 146 valence electrons. The predicted molar refractivity (Wildman–Crippen MR) is 119 cm³/mol. The molecule has 0 aliphatic rings. The second kappa shape index (κ2) is 7.75. The van der Waals surface area contributed by atoms with Crippen molar-refractivity contribution in [3.63, 3.8) is 0 Å². The Morgan fingerprint density at radius 2 is 1.64 bits per heavy atom. The van der Waals surface area contributed by atoms with Crippen LogP contribution in [0.3, 0.4) is 0 Å². The van der Waals surface area contributed by atoms with Crippen molar-refractivity contribution in [2.75, 3.05) is 0 Å². The van der Waals surface area contributed by atoms with E-state index in [9.17, 15) is 5.11 Å². The van der Waals surface area contributed by atoms with Crippen molar-refractivity contribution >= 4 is 22.8 Å². The lowest BCUT2D eigenvalue weighted by Gasteiger charge is -2.21. The van der Waals surface area contributed by atoms with E-state index in [0.29, 0.717) is 5.52 Å². The number of benzene rings is 2. The molecule has 0 fully saturated rings. The Morgan fingerprint density at radius 1 is 1.00 bits per heavy atom. The quantitative estimate of drug-likeness (QED) is 0.535. The number of aryl methyl sites for hydroxylation is 3. The van der Waals surface area contributed by atoms with Gasteiger partial charge in [-0.05, 0) is 54.0 Å². The van der Waals surface area contributed by atoms with Crippen LogP contribution < -0.4 is 0 Å². The molecular weight excluding hydrogens is 344 g/mol. The topological polar surface area (TPSA) is 45.5 Å². The molecule has 0 saturated heterocycles. The Morgan fingerprint density at radius 3 is 2.21 bits per heavy atom. The van der Waals surface area contributed by atoms with Crippen molar-refractivity contribution in [2.24, 2.45) is 4.99 Å². The van der Waals surface area contributed by atoms with Gasteiger partial charge in [0.15, 0.2) is 0 Å². The van der Waals surface area contributed by atoms with Gasteiger partial charge in [-0.15, -0.1) is 0 Å². The van der Waals surface area contributed by atoms with Crippen molar-refractivity contribution in [3.8, 4) is 5.75 Å². The lowest BCUT2D eigenvalue weighted by atomic mass is 9.84. The van der Waals surface area contributed by atoms with Crippen LogP contribution in [0.2, 0.25) is 0 Å². The van der Waals surface area contributed by atoms with Crippen LogP contribution in [-0.2, 0) is 18.3 Å². The number of aliphatic imine (C=N–C) groups is 1. The summed E-state index contributed by atoms with van der Waals surface area (Å²) in [5.74, 6) is 0.206. The van der Waals surface area contributed by atoms with Gasteiger partial charge < -0.3 is 5.11 Å². The lowest BCUT2D eigenvalue weighted by Crippen LogP contribution is -2.11. The average Bonchev–Trinajstić information content (AvgIpc) is 2.65. The van der Waals surface area contributed by atoms with Crippen LogP contribution in [0.4, 0.5) is 5.69 Å². The standard InChI is InChI=1S/C25H30N2O/c1-7-17-13-16(3)14-18(8-2)23(17)26-15-19-9-10-20-21(25(4,5)6)11-12-22(28)24(20)27-19/h9-15,28H,7-8H2,1-6H3. The van der Waals surface area contributed by atoms with Gasteiger partial charge in [0.1, 0.15) is 11.3 Å². The van der Waals surface area contributed by atoms with Crippen molar-refractivity contribution in [1.82, 2.24) is 4.98 Å². The van der Waals surface area contributed by atoms with E-state index in [2.05, 4.69) is 53.7 Å². The van der Waals surface area contributed by atoms with E-state index in [4.69, 9.17) is 9.98 Å². The molecule has 0 unspecified atom stereocenters. The molecular formula is C25H30N2O. The number of aromatic nitrogens is 1. The Kier molecular flexibility index (Phi) is 5.55. The molecule has 0 atom stereocenters. The first-order chi connectivity index (χ1) is 13.2. The molecule has 1 N–H and O–H groups in total. The van der Waals surface area contributed by atoms with E-state index in [1.165, 1.54) is 22.3 Å². The van der Waals surface area contributed by atoms with E-state index >= 15 is 0 Å². The molecule has 0 amide bonds. The molecule has 3 aromatic rings. The molecule has 0 spiro atoms. The van der Waals surface area contributed by atoms with Gasteiger partial charge in [0, 0.05) is 5.39 Å². The summed E-state index contributed by atoms with van der Waals surface area (Å²) < 4.78 is 0. The van der Waals surface area contributed by atoms with E-state index < -0.39 is 0 Å². The molecule has 3 heteroatoms. The first-order valence-electron chi connectivity index (χ1n) is 10.0. The number of nitrogens with zero attached hydrogens (tertiary/aromatic N) is 2. The van der Waals surface area contributed by atoms with Crippen LogP contribution >= 0.6 is 0 Å². The zero-order chi connectivity index (χ0) is 20.5. The highest BCUT2D eigenvalue weighted by atomic mass is 16.3. The first-order valence-corrected chi connectivity index (χ1v) is 10.0. The molecule has 0 saturated carbocycles. The fourth-order valence-corrected chi connectivity index (χ4v) is 3.71. The van der Waals surface area contributed by atoms with Gasteiger partial charge in [-0.25, -0.2) is 4.98 Å². The molecule has 3 rings (SSSR count). The molecule has 0 radical (unpaired) electrons. The zero-order valence-corrected chi connectivity index (χ0v) is 17.8. The van der Waals surface area contributed by atoms with E-state index in [1.807, 2.05) is 24.4 Å². The van der Waals surface area contributed by atoms with Crippen LogP contribution in [0.5, 0.6) is 5.75 Å². The predicted octanol–water partition coefficient (Wildman–Crippen LogP) is 6.42. The van der Waals surface area contributed by atoms with Gasteiger partial charge in [0.25, 0.3) is 0 Å². The molecule has 28 heavy (non-hydrogen) atoms. The van der Waals surface area contributed by atoms with Gasteiger partial charge in [0.2, 0.25) is 0 Å². The summed E-state index contributed by atoms with van der Waals surface area (Å²) in [4.78, 5) is 9.49. The third kappa shape index (κ3) is 3.94. The number of phenols is 1. The summed E-state index contributed by atoms with van der Waals surface area (Å²) in [6, 6.07) is 12.2. The highest BCUT2D eigenvalue weighted by molar-refractivity contribution is 5.92. The Labute approximate surface area is 168 Å². The van der Waals surface area contributed by atoms with Gasteiger partial charge >= 0.3 is 0 Å². The SMILES string of the molecule is CCc1cc(C)cc(CC)c1N=Cc1ccc2c(C(C)(C)C)ccc(O)c2n1. The number of hydrogen-bond donors (Lipinski definition) is 1. The number of hydrogen-bond acceptors (Lipinski definition) is 3. The minimum absolute atomic E-state index is 0.0167. The molecule has 0 bridgehead atoms. The number of rotatable bonds is 4. The van der Waals surface area contributed by atoms with Gasteiger partial charge in [-0.2, -0.15) is 0 Å². The molecule has 1 aromatic heterocycles. The zero-order valence-electron chi connectivity index (χ0n) is 17.8. The van der Waals surface area contributed by atoms with E-state index in [0.717, 1.165) is 29.6 Å². The van der Waals surface area contributed by atoms with Crippen molar-refractivity contribution in [2.45, 2.75) is 59.8 Å². The Bertz CT molecular complexity index is 1020. The van der Waals surface area contributed by atoms with Gasteiger partial charge in [0.05, 0.1) is 17.6 Å². The van der Waals surface area contributed by atoms with Gasteiger partial charge in [-0.1, -0.05) is 64.4 Å². The lowest BCUT2D eigenvalue weighted by molar-refractivity contribution is 0.479. The normalized spacial score (nSPS) is 12.2. The summed E-state index contributed by atoms with van der Waals surface area (Å²) in [6.07, 6.45) is 3.70. The number of phenolic OH excluding ortho intramolecular Hbond substituents is 1. The van der Waals surface area contributed by atoms with Crippen LogP contribution in [0.25, 0.3) is 10.9 Å². The number of fused-ring (bicyclic) bond motifs is 1. The second-order valence-electron chi connectivity index (χ2n) is 8.41. The van der Waals surface area contributed by atoms with E-state index in [1.54, 1.807) is 6.07 Å². The van der Waals surface area contributed by atoms with Crippen molar-refractivity contribution in [1.29, 1.82) is 0 Å². The average molecular weight is 375 g/mol. The second-order valence-corrected chi connectivity index (χ2v) is 8.41. The summed E-state index contributed by atoms with van der Waals surface area (Å²) in [5.41, 5.74) is 7.37. The highest BCUT2D eigenvalue weighted by Gasteiger charge is 2.18. The smallest absolute Gasteiger partial charge is 0.141 e. The largest absolute Gasteiger partial charge is 0.506 e. The van der Waals surface area contributed by atoms with Crippen LogP contribution in [-0.4, -0.2) is 16.3 Å². The molecule has 0 aliphatic heterocycles.